The van der Waals surface area contributed by atoms with Crippen molar-refractivity contribution >= 4 is 17.7 Å². The third kappa shape index (κ3) is 4.37. The number of urea groups is 1. The molecule has 2 amide bonds. The van der Waals surface area contributed by atoms with E-state index < -0.39 is 0 Å². The molecule has 2 bridgehead atoms. The predicted molar refractivity (Wildman–Crippen MR) is 135 cm³/mol. The molecular formula is C28H27N5O3. The van der Waals surface area contributed by atoms with Crippen molar-refractivity contribution in [2.24, 2.45) is 5.41 Å². The second kappa shape index (κ2) is 9.37. The molecule has 4 aliphatic rings. The van der Waals surface area contributed by atoms with Crippen LogP contribution in [-0.4, -0.2) is 38.8 Å². The molecule has 3 fully saturated rings. The molecule has 8 nitrogen and oxygen atoms in total. The molecule has 1 aromatic heterocycles. The Balaban J connectivity index is 1.22. The minimum absolute atomic E-state index is 0.00755. The monoisotopic (exact) mass is 481 g/mol. The van der Waals surface area contributed by atoms with Gasteiger partial charge in [-0.05, 0) is 49.0 Å². The minimum atomic E-state index is -0.279. The number of nitrogens with one attached hydrogen (secondary N) is 1. The summed E-state index contributed by atoms with van der Waals surface area (Å²) in [6, 6.07) is 17.3. The third-order valence-corrected chi connectivity index (χ3v) is 7.03. The van der Waals surface area contributed by atoms with Crippen LogP contribution in [0.15, 0.2) is 107 Å². The normalized spacial score (nSPS) is 27.2. The summed E-state index contributed by atoms with van der Waals surface area (Å²) in [4.78, 5) is 21.4. The number of rotatable bonds is 5. The summed E-state index contributed by atoms with van der Waals surface area (Å²) in [7, 11) is 0. The highest BCUT2D eigenvalue weighted by Crippen LogP contribution is 2.62. The molecule has 3 heterocycles. The van der Waals surface area contributed by atoms with Crippen molar-refractivity contribution in [3.05, 3.63) is 109 Å². The Morgan fingerprint density at radius 2 is 1.67 bits per heavy atom. The quantitative estimate of drug-likeness (QED) is 0.584. The van der Waals surface area contributed by atoms with Gasteiger partial charge in [0.1, 0.15) is 6.04 Å². The number of piperidine rings is 1. The Morgan fingerprint density at radius 1 is 0.944 bits per heavy atom. The Bertz CT molecular complexity index is 1300. The smallest absolute Gasteiger partial charge is 0.354 e. The zero-order valence-electron chi connectivity index (χ0n) is 19.7. The summed E-state index contributed by atoms with van der Waals surface area (Å²) < 4.78 is 6.03. The molecule has 2 aliphatic carbocycles. The fraction of sp³-hybridized carbons (Fsp3) is 0.250. The maximum Gasteiger partial charge on any atom is 0.354 e. The molecule has 2 aromatic rings. The number of anilines is 2. The Hall–Kier alpha value is -4.33. The van der Waals surface area contributed by atoms with Gasteiger partial charge in [-0.1, -0.05) is 77.9 Å². The summed E-state index contributed by atoms with van der Waals surface area (Å²) in [6.07, 6.45) is 16.2. The molecule has 2 aliphatic heterocycles. The number of allylic oxidation sites excluding steroid dienone is 7. The standard InChI is InChI=1S/C28H27N5O3/c34-27-32-20-24(33(27)36-22-15-11-7-4-8-12-16-22)28(17-18-28)19-23(32)25-30-31-26(35-25)29-21-13-9-5-2-1-3-6-10-14-21/h1-16,23-24H,17-20H2,(H,29,31)/b2-1?,3-1?,5-2?,6-3?,7-4-,8-4?,9-5?,10-6?,11-7?,12-8-,13-9?,14-10?,15-11-,16-12?,21-13?,21-14?,22-15?,22-16+. The molecule has 6 rings (SSSR count). The second-order valence-electron chi connectivity index (χ2n) is 9.35. The molecule has 1 aromatic carbocycles. The Labute approximate surface area is 209 Å². The van der Waals surface area contributed by atoms with Gasteiger partial charge < -0.3 is 19.5 Å². The lowest BCUT2D eigenvalue weighted by Gasteiger charge is -2.34. The van der Waals surface area contributed by atoms with Gasteiger partial charge in [0.15, 0.2) is 5.76 Å². The molecule has 1 N–H and O–H groups in total. The third-order valence-electron chi connectivity index (χ3n) is 7.03. The van der Waals surface area contributed by atoms with Gasteiger partial charge >= 0.3 is 12.0 Å². The first-order valence-electron chi connectivity index (χ1n) is 12.2. The number of hydroxylamine groups is 2. The SMILES string of the molecule is O=C1N2CC(N1OC1=C/C=C\C=C/C=C\1)C1(CC1)CC2c1nnc(Nc2ccccccccc2)o1. The van der Waals surface area contributed by atoms with Crippen LogP contribution in [0.3, 0.4) is 0 Å². The van der Waals surface area contributed by atoms with Gasteiger partial charge in [0.2, 0.25) is 5.89 Å². The number of aromatic nitrogens is 2. The van der Waals surface area contributed by atoms with Gasteiger partial charge in [-0.3, -0.25) is 0 Å². The topological polar surface area (TPSA) is 83.7 Å². The number of amides is 2. The first kappa shape index (κ1) is 22.2. The van der Waals surface area contributed by atoms with Gasteiger partial charge in [0.05, 0.1) is 6.04 Å². The average Bonchev–Trinajstić information content (AvgIpc) is 3.37. The summed E-state index contributed by atoms with van der Waals surface area (Å²) in [5.74, 6) is 1.07. The second-order valence-corrected chi connectivity index (χ2v) is 9.35. The Kier molecular flexibility index (Phi) is 5.77. The van der Waals surface area contributed by atoms with E-state index in [4.69, 9.17) is 9.25 Å². The van der Waals surface area contributed by atoms with E-state index in [1.165, 1.54) is 0 Å². The van der Waals surface area contributed by atoms with Crippen LogP contribution in [-0.2, 0) is 4.84 Å². The fourth-order valence-electron chi connectivity index (χ4n) is 5.00. The van der Waals surface area contributed by atoms with E-state index in [0.717, 1.165) is 24.9 Å². The van der Waals surface area contributed by atoms with E-state index in [1.54, 1.807) is 9.96 Å². The lowest BCUT2D eigenvalue weighted by molar-refractivity contribution is -0.101. The largest absolute Gasteiger partial charge is 0.406 e. The van der Waals surface area contributed by atoms with Crippen LogP contribution < -0.4 is 5.32 Å². The van der Waals surface area contributed by atoms with Crippen molar-refractivity contribution in [1.29, 1.82) is 0 Å². The van der Waals surface area contributed by atoms with Crippen molar-refractivity contribution in [1.82, 2.24) is 20.2 Å². The van der Waals surface area contributed by atoms with E-state index in [9.17, 15) is 4.79 Å². The highest BCUT2D eigenvalue weighted by molar-refractivity contribution is 5.77. The van der Waals surface area contributed by atoms with Crippen LogP contribution in [0.2, 0.25) is 0 Å². The Morgan fingerprint density at radius 3 is 2.44 bits per heavy atom. The average molecular weight is 482 g/mol. The highest BCUT2D eigenvalue weighted by Gasteiger charge is 2.64. The van der Waals surface area contributed by atoms with Crippen LogP contribution in [0.25, 0.3) is 0 Å². The van der Waals surface area contributed by atoms with Crippen molar-refractivity contribution in [3.8, 4) is 0 Å². The lowest BCUT2D eigenvalue weighted by Crippen LogP contribution is -2.42. The van der Waals surface area contributed by atoms with Gasteiger partial charge in [0.25, 0.3) is 0 Å². The van der Waals surface area contributed by atoms with Crippen LogP contribution in [0.5, 0.6) is 0 Å². The number of carbonyl (C=O) groups excluding carboxylic acids is 1. The summed E-state index contributed by atoms with van der Waals surface area (Å²) >= 11 is 0. The summed E-state index contributed by atoms with van der Waals surface area (Å²) in [6.45, 7) is 0.583. The number of fused-ring (bicyclic) bond motifs is 3. The van der Waals surface area contributed by atoms with E-state index in [1.807, 2.05) is 97.1 Å². The maximum absolute atomic E-state index is 13.5. The van der Waals surface area contributed by atoms with Crippen LogP contribution in [0, 0.1) is 5.41 Å². The molecule has 182 valence electrons. The van der Waals surface area contributed by atoms with Crippen LogP contribution in [0.4, 0.5) is 16.5 Å². The molecular weight excluding hydrogens is 454 g/mol. The maximum atomic E-state index is 13.5. The molecule has 0 radical (unpaired) electrons. The van der Waals surface area contributed by atoms with Crippen molar-refractivity contribution in [3.63, 3.8) is 0 Å². The number of carbonyl (C=O) groups is 1. The van der Waals surface area contributed by atoms with Gasteiger partial charge in [-0.15, -0.1) is 5.10 Å². The molecule has 2 atom stereocenters. The molecule has 2 saturated heterocycles. The molecule has 2 unspecified atom stereocenters. The number of nitrogens with zero attached hydrogens (tertiary/aromatic N) is 4. The summed E-state index contributed by atoms with van der Waals surface area (Å²) in [5.41, 5.74) is 0.827. The molecule has 8 heteroatoms. The van der Waals surface area contributed by atoms with Crippen LogP contribution >= 0.6 is 0 Å². The van der Waals surface area contributed by atoms with Crippen molar-refractivity contribution < 1.29 is 14.0 Å². The van der Waals surface area contributed by atoms with Gasteiger partial charge in [0, 0.05) is 12.2 Å². The van der Waals surface area contributed by atoms with Crippen LogP contribution in [0.1, 0.15) is 31.2 Å². The number of hydrogen-bond donors (Lipinski definition) is 1. The van der Waals surface area contributed by atoms with Crippen molar-refractivity contribution in [2.45, 2.75) is 31.3 Å². The zero-order chi connectivity index (χ0) is 24.4. The summed E-state index contributed by atoms with van der Waals surface area (Å²) in [5, 5.41) is 13.3. The number of hydrogen-bond acceptors (Lipinski definition) is 6. The minimum Gasteiger partial charge on any atom is -0.406 e. The molecule has 36 heavy (non-hydrogen) atoms. The molecule has 1 spiro atoms. The van der Waals surface area contributed by atoms with E-state index in [0.29, 0.717) is 24.2 Å². The molecule has 1 saturated carbocycles. The van der Waals surface area contributed by atoms with E-state index >= 15 is 0 Å². The van der Waals surface area contributed by atoms with Crippen molar-refractivity contribution in [2.75, 3.05) is 11.9 Å². The zero-order valence-corrected chi connectivity index (χ0v) is 19.7. The van der Waals surface area contributed by atoms with Gasteiger partial charge in [-0.2, -0.15) is 5.06 Å². The van der Waals surface area contributed by atoms with E-state index in [-0.39, 0.29) is 23.5 Å². The van der Waals surface area contributed by atoms with Gasteiger partial charge in [-0.25, -0.2) is 4.79 Å². The lowest BCUT2D eigenvalue weighted by atomic mass is 9.85. The first-order valence-corrected chi connectivity index (χ1v) is 12.2. The fourth-order valence-corrected chi connectivity index (χ4v) is 5.00. The highest BCUT2D eigenvalue weighted by atomic mass is 16.7. The first-order chi connectivity index (χ1) is 17.7. The van der Waals surface area contributed by atoms with E-state index in [2.05, 4.69) is 15.5 Å². The predicted octanol–water partition coefficient (Wildman–Crippen LogP) is 5.77.